The number of hydrogen-bond donors (Lipinski definition) is 1. The van der Waals surface area contributed by atoms with E-state index in [0.29, 0.717) is 5.01 Å². The summed E-state index contributed by atoms with van der Waals surface area (Å²) < 4.78 is 27.8. The van der Waals surface area contributed by atoms with Crippen molar-refractivity contribution in [2.75, 3.05) is 4.72 Å². The van der Waals surface area contributed by atoms with Crippen LogP contribution in [0.25, 0.3) is 21.3 Å². The quantitative estimate of drug-likeness (QED) is 0.566. The maximum Gasteiger partial charge on any atom is 0.263 e. The summed E-state index contributed by atoms with van der Waals surface area (Å²) in [6.45, 7) is 2.01. The first-order valence-corrected chi connectivity index (χ1v) is 10.2. The molecule has 5 nitrogen and oxygen atoms in total. The van der Waals surface area contributed by atoms with Gasteiger partial charge in [0.2, 0.25) is 5.13 Å². The molecule has 0 aliphatic carbocycles. The molecule has 0 unspecified atom stereocenters. The van der Waals surface area contributed by atoms with Gasteiger partial charge in [-0.05, 0) is 29.8 Å². The summed E-state index contributed by atoms with van der Waals surface area (Å²) in [6.07, 6.45) is 0. The standard InChI is InChI=1S/C19H15N3O2S2/c1-13-6-8-15(9-7-13)18-20-21-19(25-18)22-26(23,24)17-11-10-14-4-2-3-5-16(14)12-17/h2-12H,1H3,(H,21,22). The van der Waals surface area contributed by atoms with Gasteiger partial charge in [0.1, 0.15) is 5.01 Å². The molecule has 0 aliphatic rings. The first kappa shape index (κ1) is 16.7. The highest BCUT2D eigenvalue weighted by Gasteiger charge is 2.17. The van der Waals surface area contributed by atoms with Crippen LogP contribution in [0.2, 0.25) is 0 Å². The summed E-state index contributed by atoms with van der Waals surface area (Å²) in [5, 5.41) is 10.8. The van der Waals surface area contributed by atoms with Gasteiger partial charge in [0, 0.05) is 5.56 Å². The Labute approximate surface area is 155 Å². The van der Waals surface area contributed by atoms with Gasteiger partial charge in [-0.3, -0.25) is 4.72 Å². The van der Waals surface area contributed by atoms with Crippen molar-refractivity contribution in [1.29, 1.82) is 0 Å². The molecule has 1 N–H and O–H groups in total. The summed E-state index contributed by atoms with van der Waals surface area (Å²) >= 11 is 1.20. The summed E-state index contributed by atoms with van der Waals surface area (Å²) in [4.78, 5) is 0.197. The van der Waals surface area contributed by atoms with E-state index in [-0.39, 0.29) is 10.0 Å². The third-order valence-corrected chi connectivity index (χ3v) is 6.33. The molecule has 4 rings (SSSR count). The molecule has 0 saturated carbocycles. The lowest BCUT2D eigenvalue weighted by Gasteiger charge is -2.06. The van der Waals surface area contributed by atoms with Crippen LogP contribution in [-0.4, -0.2) is 18.6 Å². The van der Waals surface area contributed by atoms with E-state index >= 15 is 0 Å². The molecule has 3 aromatic carbocycles. The van der Waals surface area contributed by atoms with Gasteiger partial charge < -0.3 is 0 Å². The number of nitrogens with zero attached hydrogens (tertiary/aromatic N) is 2. The van der Waals surface area contributed by atoms with Gasteiger partial charge in [-0.25, -0.2) is 8.42 Å². The summed E-state index contributed by atoms with van der Waals surface area (Å²) in [5.41, 5.74) is 2.06. The number of sulfonamides is 1. The number of nitrogens with one attached hydrogen (secondary N) is 1. The minimum Gasteiger partial charge on any atom is -0.253 e. The van der Waals surface area contributed by atoms with Gasteiger partial charge in [-0.2, -0.15) is 0 Å². The molecule has 130 valence electrons. The Morgan fingerprint density at radius 1 is 0.885 bits per heavy atom. The van der Waals surface area contributed by atoms with Crippen molar-refractivity contribution in [3.05, 3.63) is 72.3 Å². The number of fused-ring (bicyclic) bond motifs is 1. The van der Waals surface area contributed by atoms with Crippen LogP contribution in [0.5, 0.6) is 0 Å². The fourth-order valence-electron chi connectivity index (χ4n) is 2.59. The number of rotatable bonds is 4. The number of hydrogen-bond acceptors (Lipinski definition) is 5. The van der Waals surface area contributed by atoms with E-state index in [1.807, 2.05) is 55.5 Å². The second-order valence-corrected chi connectivity index (χ2v) is 8.55. The minimum absolute atomic E-state index is 0.197. The Morgan fingerprint density at radius 2 is 1.62 bits per heavy atom. The fourth-order valence-corrected chi connectivity index (χ4v) is 4.60. The molecule has 0 radical (unpaired) electrons. The SMILES string of the molecule is Cc1ccc(-c2nnc(NS(=O)(=O)c3ccc4ccccc4c3)s2)cc1. The van der Waals surface area contributed by atoms with Crippen molar-refractivity contribution in [2.45, 2.75) is 11.8 Å². The topological polar surface area (TPSA) is 72.0 Å². The lowest BCUT2D eigenvalue weighted by Crippen LogP contribution is -2.12. The zero-order chi connectivity index (χ0) is 18.1. The second-order valence-electron chi connectivity index (χ2n) is 5.89. The van der Waals surface area contributed by atoms with E-state index < -0.39 is 10.0 Å². The number of aryl methyl sites for hydroxylation is 1. The van der Waals surface area contributed by atoms with E-state index in [2.05, 4.69) is 14.9 Å². The molecular weight excluding hydrogens is 366 g/mol. The highest BCUT2D eigenvalue weighted by atomic mass is 32.2. The molecule has 7 heteroatoms. The van der Waals surface area contributed by atoms with Crippen LogP contribution in [0, 0.1) is 6.92 Å². The van der Waals surface area contributed by atoms with E-state index in [4.69, 9.17) is 0 Å². The predicted octanol–water partition coefficient (Wildman–Crippen LogP) is 4.47. The van der Waals surface area contributed by atoms with Crippen LogP contribution >= 0.6 is 11.3 Å². The van der Waals surface area contributed by atoms with E-state index in [1.54, 1.807) is 18.2 Å². The van der Waals surface area contributed by atoms with Gasteiger partial charge in [0.25, 0.3) is 10.0 Å². The van der Waals surface area contributed by atoms with Crippen LogP contribution in [0.1, 0.15) is 5.56 Å². The van der Waals surface area contributed by atoms with Gasteiger partial charge in [0.15, 0.2) is 0 Å². The van der Waals surface area contributed by atoms with Gasteiger partial charge in [-0.15, -0.1) is 10.2 Å². The lowest BCUT2D eigenvalue weighted by atomic mass is 10.1. The first-order chi connectivity index (χ1) is 12.5. The van der Waals surface area contributed by atoms with Crippen molar-refractivity contribution < 1.29 is 8.42 Å². The Bertz CT molecular complexity index is 1180. The molecule has 1 aromatic heterocycles. The van der Waals surface area contributed by atoms with Crippen molar-refractivity contribution in [3.8, 4) is 10.6 Å². The first-order valence-electron chi connectivity index (χ1n) is 7.93. The Morgan fingerprint density at radius 3 is 2.38 bits per heavy atom. The summed E-state index contributed by atoms with van der Waals surface area (Å²) in [5.74, 6) is 0. The van der Waals surface area contributed by atoms with E-state index in [9.17, 15) is 8.42 Å². The van der Waals surface area contributed by atoms with Crippen LogP contribution in [-0.2, 0) is 10.0 Å². The van der Waals surface area contributed by atoms with Gasteiger partial charge in [0.05, 0.1) is 4.90 Å². The monoisotopic (exact) mass is 381 g/mol. The van der Waals surface area contributed by atoms with Gasteiger partial charge in [-0.1, -0.05) is 71.5 Å². The smallest absolute Gasteiger partial charge is 0.253 e. The Hall–Kier alpha value is -2.77. The van der Waals surface area contributed by atoms with Crippen LogP contribution in [0.4, 0.5) is 5.13 Å². The van der Waals surface area contributed by atoms with Gasteiger partial charge >= 0.3 is 0 Å². The molecule has 0 atom stereocenters. The Balaban J connectivity index is 1.62. The molecule has 0 fully saturated rings. The highest BCUT2D eigenvalue weighted by Crippen LogP contribution is 2.28. The molecule has 26 heavy (non-hydrogen) atoms. The summed E-state index contributed by atoms with van der Waals surface area (Å²) in [6, 6.07) is 20.5. The molecule has 0 bridgehead atoms. The van der Waals surface area contributed by atoms with Crippen LogP contribution < -0.4 is 4.72 Å². The molecule has 4 aromatic rings. The molecule has 0 aliphatic heterocycles. The molecule has 0 saturated heterocycles. The lowest BCUT2D eigenvalue weighted by molar-refractivity contribution is 0.601. The second kappa shape index (κ2) is 6.51. The van der Waals surface area contributed by atoms with Crippen molar-refractivity contribution in [2.24, 2.45) is 0 Å². The van der Waals surface area contributed by atoms with Crippen LogP contribution in [0.15, 0.2) is 71.6 Å². The highest BCUT2D eigenvalue weighted by molar-refractivity contribution is 7.93. The molecular formula is C19H15N3O2S2. The fraction of sp³-hybridized carbons (Fsp3) is 0.0526. The maximum atomic E-state index is 12.7. The zero-order valence-corrected chi connectivity index (χ0v) is 15.5. The molecule has 0 amide bonds. The molecule has 0 spiro atoms. The van der Waals surface area contributed by atoms with Crippen molar-refractivity contribution in [1.82, 2.24) is 10.2 Å². The normalized spacial score (nSPS) is 11.6. The zero-order valence-electron chi connectivity index (χ0n) is 13.9. The number of aromatic nitrogens is 2. The largest absolute Gasteiger partial charge is 0.263 e. The summed E-state index contributed by atoms with van der Waals surface area (Å²) in [7, 11) is -3.72. The van der Waals surface area contributed by atoms with Crippen molar-refractivity contribution in [3.63, 3.8) is 0 Å². The average molecular weight is 381 g/mol. The van der Waals surface area contributed by atoms with Crippen LogP contribution in [0.3, 0.4) is 0 Å². The number of anilines is 1. The number of benzene rings is 3. The average Bonchev–Trinajstić information content (AvgIpc) is 3.09. The van der Waals surface area contributed by atoms with E-state index in [1.165, 1.54) is 11.3 Å². The van der Waals surface area contributed by atoms with Crippen molar-refractivity contribution >= 4 is 37.3 Å². The third kappa shape index (κ3) is 3.31. The predicted molar refractivity (Wildman–Crippen MR) is 105 cm³/mol. The molecule has 1 heterocycles. The Kier molecular flexibility index (Phi) is 4.18. The minimum atomic E-state index is -3.72. The third-order valence-electron chi connectivity index (χ3n) is 3.98. The van der Waals surface area contributed by atoms with E-state index in [0.717, 1.165) is 21.9 Å². The maximum absolute atomic E-state index is 12.7.